The molecule has 3 rings (SSSR count). The first-order valence-corrected chi connectivity index (χ1v) is 11.1. The molecule has 3 aromatic rings. The third-order valence-electron chi connectivity index (χ3n) is 4.02. The van der Waals surface area contributed by atoms with Crippen LogP contribution in [0.2, 0.25) is 10.0 Å². The third kappa shape index (κ3) is 5.81. The van der Waals surface area contributed by atoms with Gasteiger partial charge in [0.05, 0.1) is 23.4 Å². The van der Waals surface area contributed by atoms with Crippen molar-refractivity contribution in [3.63, 3.8) is 0 Å². The molecule has 0 saturated carbocycles. The van der Waals surface area contributed by atoms with E-state index in [-0.39, 0.29) is 28.0 Å². The normalized spacial score (nSPS) is 11.0. The molecule has 0 fully saturated rings. The first-order chi connectivity index (χ1) is 14.7. The summed E-state index contributed by atoms with van der Waals surface area (Å²) in [6.45, 7) is 1.34. The van der Waals surface area contributed by atoms with E-state index >= 15 is 0 Å². The Labute approximate surface area is 189 Å². The molecule has 10 heteroatoms. The van der Waals surface area contributed by atoms with Gasteiger partial charge in [-0.25, -0.2) is 8.42 Å². The second-order valence-corrected chi connectivity index (χ2v) is 8.90. The van der Waals surface area contributed by atoms with Gasteiger partial charge in [-0.2, -0.15) is 0 Å². The molecule has 0 radical (unpaired) electrons. The minimum absolute atomic E-state index is 0.0733. The summed E-state index contributed by atoms with van der Waals surface area (Å²) >= 11 is 12.0. The zero-order valence-corrected chi connectivity index (χ0v) is 18.8. The molecule has 0 aliphatic carbocycles. The SMILES string of the molecule is COc1cc(S(=O)(=O)Nc2cc(Cl)ccc2Oc2ccc(Cl)cc2)ccc1NC(C)=O. The number of carbonyl (C=O) groups is 1. The Kier molecular flexibility index (Phi) is 6.94. The van der Waals surface area contributed by atoms with E-state index in [0.717, 1.165) is 0 Å². The van der Waals surface area contributed by atoms with E-state index in [1.165, 1.54) is 38.3 Å². The van der Waals surface area contributed by atoms with Gasteiger partial charge in [0, 0.05) is 23.0 Å². The van der Waals surface area contributed by atoms with Gasteiger partial charge in [0.2, 0.25) is 5.91 Å². The van der Waals surface area contributed by atoms with Gasteiger partial charge in [-0.05, 0) is 54.6 Å². The summed E-state index contributed by atoms with van der Waals surface area (Å²) in [6, 6.07) is 15.3. The number of benzene rings is 3. The third-order valence-corrected chi connectivity index (χ3v) is 5.87. The smallest absolute Gasteiger partial charge is 0.262 e. The van der Waals surface area contributed by atoms with Crippen LogP contribution in [0.3, 0.4) is 0 Å². The van der Waals surface area contributed by atoms with E-state index in [1.807, 2.05) is 0 Å². The van der Waals surface area contributed by atoms with E-state index < -0.39 is 10.0 Å². The average Bonchev–Trinajstić information content (AvgIpc) is 2.71. The quantitative estimate of drug-likeness (QED) is 0.461. The molecule has 2 N–H and O–H groups in total. The summed E-state index contributed by atoms with van der Waals surface area (Å²) in [6.07, 6.45) is 0. The topological polar surface area (TPSA) is 93.7 Å². The summed E-state index contributed by atoms with van der Waals surface area (Å²) in [5.74, 6) is 0.599. The molecule has 31 heavy (non-hydrogen) atoms. The van der Waals surface area contributed by atoms with Crippen LogP contribution in [0.4, 0.5) is 11.4 Å². The molecule has 3 aromatic carbocycles. The zero-order valence-electron chi connectivity index (χ0n) is 16.5. The molecule has 0 aliphatic rings. The van der Waals surface area contributed by atoms with Crippen molar-refractivity contribution < 1.29 is 22.7 Å². The number of ether oxygens (including phenoxy) is 2. The van der Waals surface area contributed by atoms with Gasteiger partial charge in [0.25, 0.3) is 10.0 Å². The highest BCUT2D eigenvalue weighted by Crippen LogP contribution is 2.35. The highest BCUT2D eigenvalue weighted by atomic mass is 35.5. The highest BCUT2D eigenvalue weighted by molar-refractivity contribution is 7.92. The van der Waals surface area contributed by atoms with Crippen LogP contribution >= 0.6 is 23.2 Å². The van der Waals surface area contributed by atoms with Crippen molar-refractivity contribution in [1.82, 2.24) is 0 Å². The van der Waals surface area contributed by atoms with Gasteiger partial charge in [-0.15, -0.1) is 0 Å². The van der Waals surface area contributed by atoms with Crippen molar-refractivity contribution in [1.29, 1.82) is 0 Å². The molecule has 162 valence electrons. The number of amides is 1. The number of anilines is 2. The van der Waals surface area contributed by atoms with Crippen LogP contribution in [0.5, 0.6) is 17.2 Å². The lowest BCUT2D eigenvalue weighted by molar-refractivity contribution is -0.114. The average molecular weight is 481 g/mol. The fraction of sp³-hybridized carbons (Fsp3) is 0.0952. The Morgan fingerprint density at radius 3 is 2.19 bits per heavy atom. The summed E-state index contributed by atoms with van der Waals surface area (Å²) in [4.78, 5) is 11.2. The summed E-state index contributed by atoms with van der Waals surface area (Å²) < 4.78 is 39.5. The van der Waals surface area contributed by atoms with Crippen molar-refractivity contribution in [2.24, 2.45) is 0 Å². The molecular formula is C21H18Cl2N2O5S. The molecule has 0 spiro atoms. The molecule has 0 aliphatic heterocycles. The Morgan fingerprint density at radius 2 is 1.55 bits per heavy atom. The van der Waals surface area contributed by atoms with Crippen LogP contribution < -0.4 is 19.5 Å². The van der Waals surface area contributed by atoms with Gasteiger partial charge < -0.3 is 14.8 Å². The van der Waals surface area contributed by atoms with Crippen LogP contribution in [0.25, 0.3) is 0 Å². The van der Waals surface area contributed by atoms with Gasteiger partial charge >= 0.3 is 0 Å². The Morgan fingerprint density at radius 1 is 0.871 bits per heavy atom. The van der Waals surface area contributed by atoms with Gasteiger partial charge in [0.1, 0.15) is 11.5 Å². The molecule has 1 amide bonds. The molecule has 0 saturated heterocycles. The minimum Gasteiger partial charge on any atom is -0.495 e. The summed E-state index contributed by atoms with van der Waals surface area (Å²) in [5, 5.41) is 3.44. The lowest BCUT2D eigenvalue weighted by Crippen LogP contribution is -2.14. The van der Waals surface area contributed by atoms with E-state index in [4.69, 9.17) is 32.7 Å². The Bertz CT molecular complexity index is 1210. The van der Waals surface area contributed by atoms with Crippen molar-refractivity contribution in [2.75, 3.05) is 17.1 Å². The number of methoxy groups -OCH3 is 1. The molecule has 0 atom stereocenters. The number of hydrogen-bond donors (Lipinski definition) is 2. The van der Waals surface area contributed by atoms with Crippen molar-refractivity contribution in [3.8, 4) is 17.2 Å². The number of sulfonamides is 1. The maximum absolute atomic E-state index is 13.0. The second kappa shape index (κ2) is 9.47. The van der Waals surface area contributed by atoms with Crippen LogP contribution in [0.15, 0.2) is 65.6 Å². The summed E-state index contributed by atoms with van der Waals surface area (Å²) in [5.41, 5.74) is 0.496. The van der Waals surface area contributed by atoms with Crippen LogP contribution in [0, 0.1) is 0 Å². The largest absolute Gasteiger partial charge is 0.495 e. The number of rotatable bonds is 7. The van der Waals surface area contributed by atoms with Gasteiger partial charge in [-0.1, -0.05) is 23.2 Å². The molecule has 0 aromatic heterocycles. The van der Waals surface area contributed by atoms with Gasteiger partial charge in [-0.3, -0.25) is 9.52 Å². The fourth-order valence-corrected chi connectivity index (χ4v) is 4.01. The summed E-state index contributed by atoms with van der Waals surface area (Å²) in [7, 11) is -2.66. The number of hydrogen-bond acceptors (Lipinski definition) is 5. The van der Waals surface area contributed by atoms with Crippen LogP contribution in [0.1, 0.15) is 6.92 Å². The standard InChI is InChI=1S/C21H18Cl2N2O5S/c1-13(26)24-18-9-8-17(12-21(18)29-2)31(27,28)25-19-11-15(23)5-10-20(19)30-16-6-3-14(22)4-7-16/h3-12,25H,1-2H3,(H,24,26). The minimum atomic E-state index is -4.03. The van der Waals surface area contributed by atoms with Gasteiger partial charge in [0.15, 0.2) is 5.75 Å². The predicted molar refractivity (Wildman–Crippen MR) is 121 cm³/mol. The number of nitrogens with one attached hydrogen (secondary N) is 2. The van der Waals surface area contributed by atoms with Crippen molar-refractivity contribution >= 4 is 50.5 Å². The second-order valence-electron chi connectivity index (χ2n) is 6.35. The zero-order chi connectivity index (χ0) is 22.6. The molecule has 0 heterocycles. The maximum Gasteiger partial charge on any atom is 0.262 e. The molecule has 0 bridgehead atoms. The van der Waals surface area contributed by atoms with Crippen molar-refractivity contribution in [3.05, 3.63) is 70.7 Å². The molecule has 7 nitrogen and oxygen atoms in total. The van der Waals surface area contributed by atoms with Crippen LogP contribution in [-0.2, 0) is 14.8 Å². The Balaban J connectivity index is 1.93. The first-order valence-electron chi connectivity index (χ1n) is 8.89. The number of halogens is 2. The first kappa shape index (κ1) is 22.7. The predicted octanol–water partition coefficient (Wildman–Crippen LogP) is 5.55. The molecular weight excluding hydrogens is 463 g/mol. The fourth-order valence-electron chi connectivity index (χ4n) is 2.64. The van der Waals surface area contributed by atoms with E-state index in [2.05, 4.69) is 10.0 Å². The number of carbonyl (C=O) groups excluding carboxylic acids is 1. The maximum atomic E-state index is 13.0. The Hall–Kier alpha value is -2.94. The lowest BCUT2D eigenvalue weighted by Gasteiger charge is -2.15. The molecule has 0 unspecified atom stereocenters. The van der Waals surface area contributed by atoms with E-state index in [9.17, 15) is 13.2 Å². The highest BCUT2D eigenvalue weighted by Gasteiger charge is 2.20. The van der Waals surface area contributed by atoms with E-state index in [0.29, 0.717) is 21.5 Å². The van der Waals surface area contributed by atoms with Crippen LogP contribution in [-0.4, -0.2) is 21.4 Å². The van der Waals surface area contributed by atoms with E-state index in [1.54, 1.807) is 36.4 Å². The monoisotopic (exact) mass is 480 g/mol. The lowest BCUT2D eigenvalue weighted by atomic mass is 10.3. The van der Waals surface area contributed by atoms with Crippen molar-refractivity contribution in [2.45, 2.75) is 11.8 Å².